The van der Waals surface area contributed by atoms with Gasteiger partial charge >= 0.3 is 0 Å². The van der Waals surface area contributed by atoms with Crippen LogP contribution in [-0.2, 0) is 5.75 Å². The molecular weight excluding hydrogens is 324 g/mol. The maximum absolute atomic E-state index is 5.79. The van der Waals surface area contributed by atoms with Crippen LogP contribution in [0.2, 0.25) is 5.15 Å². The first-order valence-corrected chi connectivity index (χ1v) is 6.83. The SMILES string of the molecule is Nc1cc(Cl)nc(SCc2ncccc2Br)n1. The first-order chi connectivity index (χ1) is 8.15. The van der Waals surface area contributed by atoms with Gasteiger partial charge in [-0.25, -0.2) is 9.97 Å². The van der Waals surface area contributed by atoms with Crippen molar-refractivity contribution in [1.82, 2.24) is 15.0 Å². The van der Waals surface area contributed by atoms with Gasteiger partial charge in [-0.05, 0) is 28.1 Å². The molecule has 2 aromatic heterocycles. The number of pyridine rings is 1. The molecule has 2 N–H and O–H groups in total. The van der Waals surface area contributed by atoms with Crippen LogP contribution in [0.3, 0.4) is 0 Å². The maximum Gasteiger partial charge on any atom is 0.191 e. The van der Waals surface area contributed by atoms with E-state index in [0.29, 0.717) is 21.9 Å². The fraction of sp³-hybridized carbons (Fsp3) is 0.100. The topological polar surface area (TPSA) is 64.7 Å². The molecule has 0 amide bonds. The van der Waals surface area contributed by atoms with Crippen molar-refractivity contribution < 1.29 is 0 Å². The molecule has 0 aromatic carbocycles. The Kier molecular flexibility index (Phi) is 4.20. The fourth-order valence-electron chi connectivity index (χ4n) is 1.14. The molecule has 17 heavy (non-hydrogen) atoms. The molecule has 2 rings (SSSR count). The van der Waals surface area contributed by atoms with E-state index < -0.39 is 0 Å². The van der Waals surface area contributed by atoms with Crippen LogP contribution >= 0.6 is 39.3 Å². The number of hydrogen-bond acceptors (Lipinski definition) is 5. The van der Waals surface area contributed by atoms with Crippen LogP contribution in [-0.4, -0.2) is 15.0 Å². The molecule has 0 saturated carbocycles. The number of rotatable bonds is 3. The fourth-order valence-corrected chi connectivity index (χ4v) is 2.79. The van der Waals surface area contributed by atoms with E-state index in [2.05, 4.69) is 30.9 Å². The summed E-state index contributed by atoms with van der Waals surface area (Å²) in [6.07, 6.45) is 1.74. The van der Waals surface area contributed by atoms with Gasteiger partial charge in [0.15, 0.2) is 5.16 Å². The van der Waals surface area contributed by atoms with Gasteiger partial charge in [0.2, 0.25) is 0 Å². The first kappa shape index (κ1) is 12.6. The van der Waals surface area contributed by atoms with Gasteiger partial charge in [-0.1, -0.05) is 23.4 Å². The van der Waals surface area contributed by atoms with Crippen molar-refractivity contribution in [1.29, 1.82) is 0 Å². The van der Waals surface area contributed by atoms with Crippen LogP contribution in [0.1, 0.15) is 5.69 Å². The van der Waals surface area contributed by atoms with Crippen molar-refractivity contribution in [2.45, 2.75) is 10.9 Å². The van der Waals surface area contributed by atoms with E-state index in [0.717, 1.165) is 10.2 Å². The Bertz CT molecular complexity index is 517. The largest absolute Gasteiger partial charge is 0.384 e. The van der Waals surface area contributed by atoms with Crippen molar-refractivity contribution in [3.8, 4) is 0 Å². The van der Waals surface area contributed by atoms with Crippen molar-refractivity contribution in [3.63, 3.8) is 0 Å². The second-order valence-electron chi connectivity index (χ2n) is 3.12. The molecule has 4 nitrogen and oxygen atoms in total. The summed E-state index contributed by atoms with van der Waals surface area (Å²) in [5.41, 5.74) is 6.51. The van der Waals surface area contributed by atoms with E-state index in [9.17, 15) is 0 Å². The Morgan fingerprint density at radius 3 is 2.94 bits per heavy atom. The molecule has 0 bridgehead atoms. The average molecular weight is 332 g/mol. The van der Waals surface area contributed by atoms with E-state index in [1.165, 1.54) is 17.8 Å². The highest BCUT2D eigenvalue weighted by molar-refractivity contribution is 9.10. The molecule has 0 saturated heterocycles. The lowest BCUT2D eigenvalue weighted by molar-refractivity contribution is 0.973. The summed E-state index contributed by atoms with van der Waals surface area (Å²) in [5, 5.41) is 0.896. The van der Waals surface area contributed by atoms with Crippen LogP contribution < -0.4 is 5.73 Å². The van der Waals surface area contributed by atoms with Gasteiger partial charge in [-0.15, -0.1) is 0 Å². The third-order valence-corrected chi connectivity index (χ3v) is 3.64. The summed E-state index contributed by atoms with van der Waals surface area (Å²) < 4.78 is 0.961. The van der Waals surface area contributed by atoms with Gasteiger partial charge in [-0.3, -0.25) is 4.98 Å². The molecule has 0 atom stereocenters. The standard InChI is InChI=1S/C10H8BrClN4S/c11-6-2-1-3-14-7(6)5-17-10-15-8(12)4-9(13)16-10/h1-4H,5H2,(H2,13,15,16). The molecule has 0 aliphatic heterocycles. The normalized spacial score (nSPS) is 10.5. The van der Waals surface area contributed by atoms with Crippen LogP contribution in [0.25, 0.3) is 0 Å². The Hall–Kier alpha value is -0.850. The highest BCUT2D eigenvalue weighted by Gasteiger charge is 2.05. The number of aromatic nitrogens is 3. The monoisotopic (exact) mass is 330 g/mol. The Balaban J connectivity index is 2.10. The Morgan fingerprint density at radius 1 is 1.41 bits per heavy atom. The second-order valence-corrected chi connectivity index (χ2v) is 5.30. The molecule has 88 valence electrons. The van der Waals surface area contributed by atoms with Crippen LogP contribution in [0, 0.1) is 0 Å². The summed E-state index contributed by atoms with van der Waals surface area (Å²) in [4.78, 5) is 12.4. The molecule has 7 heteroatoms. The van der Waals surface area contributed by atoms with Gasteiger partial charge in [-0.2, -0.15) is 0 Å². The minimum absolute atomic E-state index is 0.347. The molecule has 0 fully saturated rings. The van der Waals surface area contributed by atoms with Crippen LogP contribution in [0.15, 0.2) is 34.0 Å². The van der Waals surface area contributed by atoms with Crippen molar-refractivity contribution >= 4 is 45.1 Å². The summed E-state index contributed by atoms with van der Waals surface area (Å²) in [7, 11) is 0. The van der Waals surface area contributed by atoms with E-state index in [1.807, 2.05) is 12.1 Å². The molecule has 0 aliphatic rings. The maximum atomic E-state index is 5.79. The number of nitrogens with two attached hydrogens (primary N) is 1. The number of nitrogens with zero attached hydrogens (tertiary/aromatic N) is 3. The summed E-state index contributed by atoms with van der Waals surface area (Å²) >= 11 is 10.7. The average Bonchev–Trinajstić information content (AvgIpc) is 2.27. The smallest absolute Gasteiger partial charge is 0.191 e. The zero-order valence-corrected chi connectivity index (χ0v) is 11.8. The highest BCUT2D eigenvalue weighted by Crippen LogP contribution is 2.24. The van der Waals surface area contributed by atoms with Crippen molar-refractivity contribution in [2.75, 3.05) is 5.73 Å². The van der Waals surface area contributed by atoms with Crippen molar-refractivity contribution in [3.05, 3.63) is 39.7 Å². The second kappa shape index (κ2) is 5.66. The molecule has 0 aliphatic carbocycles. The molecule has 0 spiro atoms. The minimum atomic E-state index is 0.347. The summed E-state index contributed by atoms with van der Waals surface area (Å²) in [6.45, 7) is 0. The predicted octanol–water partition coefficient (Wildman–Crippen LogP) is 3.16. The highest BCUT2D eigenvalue weighted by atomic mass is 79.9. The molecule has 0 unspecified atom stereocenters. The Morgan fingerprint density at radius 2 is 2.24 bits per heavy atom. The van der Waals surface area contributed by atoms with Gasteiger partial charge < -0.3 is 5.73 Å². The van der Waals surface area contributed by atoms with E-state index in [1.54, 1.807) is 6.20 Å². The lowest BCUT2D eigenvalue weighted by Crippen LogP contribution is -1.95. The third kappa shape index (κ3) is 3.55. The van der Waals surface area contributed by atoms with Gasteiger partial charge in [0, 0.05) is 22.5 Å². The molecule has 2 aromatic rings. The zero-order chi connectivity index (χ0) is 12.3. The van der Waals surface area contributed by atoms with Crippen molar-refractivity contribution in [2.24, 2.45) is 0 Å². The van der Waals surface area contributed by atoms with E-state index in [4.69, 9.17) is 17.3 Å². The lowest BCUT2D eigenvalue weighted by Gasteiger charge is -2.03. The first-order valence-electron chi connectivity index (χ1n) is 4.67. The summed E-state index contributed by atoms with van der Waals surface area (Å²) in [5.74, 6) is 1.02. The van der Waals surface area contributed by atoms with Gasteiger partial charge in [0.25, 0.3) is 0 Å². The van der Waals surface area contributed by atoms with E-state index in [-0.39, 0.29) is 0 Å². The summed E-state index contributed by atoms with van der Waals surface area (Å²) in [6, 6.07) is 5.32. The number of anilines is 1. The number of thioether (sulfide) groups is 1. The quantitative estimate of drug-likeness (QED) is 0.532. The van der Waals surface area contributed by atoms with E-state index >= 15 is 0 Å². The molecule has 2 heterocycles. The zero-order valence-electron chi connectivity index (χ0n) is 8.60. The minimum Gasteiger partial charge on any atom is -0.384 e. The number of hydrogen-bond donors (Lipinski definition) is 1. The van der Waals surface area contributed by atoms with Crippen LogP contribution in [0.4, 0.5) is 5.82 Å². The molecular formula is C10H8BrClN4S. The lowest BCUT2D eigenvalue weighted by atomic mass is 10.4. The predicted molar refractivity (Wildman–Crippen MR) is 73.0 cm³/mol. The van der Waals surface area contributed by atoms with Gasteiger partial charge in [0.05, 0.1) is 5.69 Å². The number of nitrogen functional groups attached to an aromatic ring is 1. The number of halogens is 2. The molecule has 0 radical (unpaired) electrons. The van der Waals surface area contributed by atoms with Crippen LogP contribution in [0.5, 0.6) is 0 Å². The van der Waals surface area contributed by atoms with Gasteiger partial charge in [0.1, 0.15) is 11.0 Å². The third-order valence-electron chi connectivity index (χ3n) is 1.87. The Labute approximate surface area is 116 Å².